The molecule has 120 valence electrons. The van der Waals surface area contributed by atoms with Crippen molar-refractivity contribution < 1.29 is 9.59 Å². The molecular weight excluding hydrogens is 278 g/mol. The summed E-state index contributed by atoms with van der Waals surface area (Å²) in [7, 11) is 0. The van der Waals surface area contributed by atoms with E-state index < -0.39 is 0 Å². The third kappa shape index (κ3) is 4.56. The fourth-order valence-corrected chi connectivity index (χ4v) is 2.54. The van der Waals surface area contributed by atoms with E-state index in [0.717, 1.165) is 25.2 Å². The molecule has 2 rings (SSSR count). The molecule has 1 aliphatic rings. The van der Waals surface area contributed by atoms with Gasteiger partial charge in [0.2, 0.25) is 11.8 Å². The molecule has 1 unspecified atom stereocenters. The largest absolute Gasteiger partial charge is 0.340 e. The number of hydrogen-bond acceptors (Lipinski definition) is 3. The fraction of sp³-hybridized carbons (Fsp3) is 0.529. The van der Waals surface area contributed by atoms with Gasteiger partial charge in [-0.15, -0.1) is 0 Å². The first-order valence-electron chi connectivity index (χ1n) is 7.96. The molecule has 0 saturated carbocycles. The van der Waals surface area contributed by atoms with Crippen LogP contribution in [0, 0.1) is 5.92 Å². The Labute approximate surface area is 132 Å². The molecule has 1 aliphatic heterocycles. The Balaban J connectivity index is 1.75. The molecule has 0 radical (unpaired) electrons. The van der Waals surface area contributed by atoms with Crippen molar-refractivity contribution in [2.24, 2.45) is 5.92 Å². The van der Waals surface area contributed by atoms with E-state index in [2.05, 4.69) is 10.2 Å². The average Bonchev–Trinajstić information content (AvgIpc) is 2.55. The lowest BCUT2D eigenvalue weighted by Gasteiger charge is -2.35. The molecule has 1 N–H and O–H groups in total. The van der Waals surface area contributed by atoms with Gasteiger partial charge in [0, 0.05) is 37.8 Å². The standard InChI is InChI=1S/C17H25N3O2/c1-3-14(2)17(22)20-11-9-19(10-12-20)13-16(21)18-15-7-5-4-6-8-15/h4-8,14H,3,9-13H2,1-2H3,(H,18,21). The summed E-state index contributed by atoms with van der Waals surface area (Å²) in [5.74, 6) is 0.316. The summed E-state index contributed by atoms with van der Waals surface area (Å²) in [5.41, 5.74) is 0.818. The predicted octanol–water partition coefficient (Wildman–Crippen LogP) is 1.82. The number of hydrogen-bond donors (Lipinski definition) is 1. The SMILES string of the molecule is CCC(C)C(=O)N1CCN(CC(=O)Nc2ccccc2)CC1. The molecule has 0 aliphatic carbocycles. The van der Waals surface area contributed by atoms with Crippen LogP contribution in [0.5, 0.6) is 0 Å². The molecule has 0 bridgehead atoms. The third-order valence-electron chi connectivity index (χ3n) is 4.14. The van der Waals surface area contributed by atoms with Crippen molar-refractivity contribution in [3.63, 3.8) is 0 Å². The van der Waals surface area contributed by atoms with Crippen molar-refractivity contribution in [2.75, 3.05) is 38.0 Å². The van der Waals surface area contributed by atoms with Gasteiger partial charge in [0.15, 0.2) is 0 Å². The van der Waals surface area contributed by atoms with E-state index >= 15 is 0 Å². The molecule has 2 amide bonds. The van der Waals surface area contributed by atoms with Gasteiger partial charge >= 0.3 is 0 Å². The molecule has 22 heavy (non-hydrogen) atoms. The van der Waals surface area contributed by atoms with Gasteiger partial charge in [-0.05, 0) is 18.6 Å². The normalized spacial score (nSPS) is 17.1. The number of rotatable bonds is 5. The van der Waals surface area contributed by atoms with Crippen molar-refractivity contribution in [1.29, 1.82) is 0 Å². The van der Waals surface area contributed by atoms with Crippen molar-refractivity contribution in [1.82, 2.24) is 9.80 Å². The Morgan fingerprint density at radius 3 is 2.36 bits per heavy atom. The van der Waals surface area contributed by atoms with Gasteiger partial charge in [-0.1, -0.05) is 32.0 Å². The second-order valence-corrected chi connectivity index (χ2v) is 5.82. The van der Waals surface area contributed by atoms with Crippen molar-refractivity contribution >= 4 is 17.5 Å². The second kappa shape index (κ2) is 7.94. The quantitative estimate of drug-likeness (QED) is 0.902. The zero-order chi connectivity index (χ0) is 15.9. The molecular formula is C17H25N3O2. The first-order valence-corrected chi connectivity index (χ1v) is 7.96. The second-order valence-electron chi connectivity index (χ2n) is 5.82. The number of amides is 2. The minimum absolute atomic E-state index is 0.00657. The van der Waals surface area contributed by atoms with Gasteiger partial charge in [-0.3, -0.25) is 14.5 Å². The zero-order valence-corrected chi connectivity index (χ0v) is 13.4. The number of nitrogens with one attached hydrogen (secondary N) is 1. The highest BCUT2D eigenvalue weighted by atomic mass is 16.2. The zero-order valence-electron chi connectivity index (χ0n) is 13.4. The lowest BCUT2D eigenvalue weighted by molar-refractivity contribution is -0.136. The Bertz CT molecular complexity index is 496. The van der Waals surface area contributed by atoms with Crippen molar-refractivity contribution in [2.45, 2.75) is 20.3 Å². The van der Waals surface area contributed by atoms with E-state index in [1.54, 1.807) is 0 Å². The summed E-state index contributed by atoms with van der Waals surface area (Å²) in [4.78, 5) is 28.2. The van der Waals surface area contributed by atoms with E-state index in [-0.39, 0.29) is 17.7 Å². The van der Waals surface area contributed by atoms with Crippen LogP contribution in [-0.2, 0) is 9.59 Å². The van der Waals surface area contributed by atoms with Crippen molar-refractivity contribution in [3.05, 3.63) is 30.3 Å². The van der Waals surface area contributed by atoms with Gasteiger partial charge in [-0.2, -0.15) is 0 Å². The number of anilines is 1. The van der Waals surface area contributed by atoms with Crippen LogP contribution in [0.25, 0.3) is 0 Å². The Morgan fingerprint density at radius 1 is 1.14 bits per heavy atom. The number of carbonyl (C=O) groups excluding carboxylic acids is 2. The number of carbonyl (C=O) groups is 2. The molecule has 1 aromatic carbocycles. The predicted molar refractivity (Wildman–Crippen MR) is 87.5 cm³/mol. The summed E-state index contributed by atoms with van der Waals surface area (Å²) >= 11 is 0. The van der Waals surface area contributed by atoms with Gasteiger partial charge in [0.05, 0.1) is 6.54 Å². The number of nitrogens with zero attached hydrogens (tertiary/aromatic N) is 2. The highest BCUT2D eigenvalue weighted by molar-refractivity contribution is 5.92. The third-order valence-corrected chi connectivity index (χ3v) is 4.14. The lowest BCUT2D eigenvalue weighted by atomic mass is 10.1. The van der Waals surface area contributed by atoms with E-state index in [9.17, 15) is 9.59 Å². The topological polar surface area (TPSA) is 52.7 Å². The summed E-state index contributed by atoms with van der Waals surface area (Å²) in [6.45, 7) is 7.31. The number of piperazine rings is 1. The van der Waals surface area contributed by atoms with Crippen LogP contribution in [0.15, 0.2) is 30.3 Å². The molecule has 1 saturated heterocycles. The molecule has 1 fully saturated rings. The van der Waals surface area contributed by atoms with Gasteiger partial charge in [0.25, 0.3) is 0 Å². The Morgan fingerprint density at radius 2 is 1.77 bits per heavy atom. The monoisotopic (exact) mass is 303 g/mol. The Kier molecular flexibility index (Phi) is 5.95. The van der Waals surface area contributed by atoms with E-state index in [1.807, 2.05) is 49.1 Å². The van der Waals surface area contributed by atoms with Gasteiger partial charge < -0.3 is 10.2 Å². The maximum atomic E-state index is 12.1. The molecule has 0 aromatic heterocycles. The minimum Gasteiger partial charge on any atom is -0.340 e. The average molecular weight is 303 g/mol. The van der Waals surface area contributed by atoms with E-state index in [1.165, 1.54) is 0 Å². The van der Waals surface area contributed by atoms with Crippen molar-refractivity contribution in [3.8, 4) is 0 Å². The van der Waals surface area contributed by atoms with Crippen LogP contribution in [0.1, 0.15) is 20.3 Å². The first-order chi connectivity index (χ1) is 10.6. The highest BCUT2D eigenvalue weighted by Crippen LogP contribution is 2.10. The summed E-state index contributed by atoms with van der Waals surface area (Å²) in [6, 6.07) is 9.47. The van der Waals surface area contributed by atoms with E-state index in [0.29, 0.717) is 19.6 Å². The molecule has 1 heterocycles. The molecule has 1 aromatic rings. The molecule has 5 heteroatoms. The maximum Gasteiger partial charge on any atom is 0.238 e. The van der Waals surface area contributed by atoms with Gasteiger partial charge in [-0.25, -0.2) is 0 Å². The minimum atomic E-state index is -0.00657. The first kappa shape index (κ1) is 16.5. The molecule has 0 spiro atoms. The van der Waals surface area contributed by atoms with Crippen LogP contribution in [0.4, 0.5) is 5.69 Å². The van der Waals surface area contributed by atoms with Crippen LogP contribution < -0.4 is 5.32 Å². The van der Waals surface area contributed by atoms with E-state index in [4.69, 9.17) is 0 Å². The maximum absolute atomic E-state index is 12.1. The fourth-order valence-electron chi connectivity index (χ4n) is 2.54. The van der Waals surface area contributed by atoms with Crippen LogP contribution in [0.3, 0.4) is 0 Å². The number of benzene rings is 1. The summed E-state index contributed by atoms with van der Waals surface area (Å²) in [5, 5.41) is 2.89. The molecule has 5 nitrogen and oxygen atoms in total. The Hall–Kier alpha value is -1.88. The van der Waals surface area contributed by atoms with Gasteiger partial charge in [0.1, 0.15) is 0 Å². The van der Waals surface area contributed by atoms with Crippen LogP contribution in [-0.4, -0.2) is 54.3 Å². The summed E-state index contributed by atoms with van der Waals surface area (Å²) in [6.07, 6.45) is 0.874. The summed E-state index contributed by atoms with van der Waals surface area (Å²) < 4.78 is 0. The molecule has 1 atom stereocenters. The number of para-hydroxylation sites is 1. The van der Waals surface area contributed by atoms with Crippen LogP contribution in [0.2, 0.25) is 0 Å². The highest BCUT2D eigenvalue weighted by Gasteiger charge is 2.24. The lowest BCUT2D eigenvalue weighted by Crippen LogP contribution is -2.51. The smallest absolute Gasteiger partial charge is 0.238 e. The van der Waals surface area contributed by atoms with Crippen LogP contribution >= 0.6 is 0 Å².